The Morgan fingerprint density at radius 3 is 3.08 bits per heavy atom. The molecule has 0 aromatic carbocycles. The Bertz CT molecular complexity index is 329. The molecule has 2 heterocycles. The molecule has 0 spiro atoms. The van der Waals surface area contributed by atoms with Crippen LogP contribution < -0.4 is 5.32 Å². The Morgan fingerprint density at radius 1 is 1.46 bits per heavy atom. The minimum atomic E-state index is 0.441. The summed E-state index contributed by atoms with van der Waals surface area (Å²) >= 11 is 0. The van der Waals surface area contributed by atoms with Gasteiger partial charge in [0.15, 0.2) is 0 Å². The van der Waals surface area contributed by atoms with Gasteiger partial charge in [-0.25, -0.2) is 0 Å². The third-order valence-electron chi connectivity index (χ3n) is 2.34. The lowest BCUT2D eigenvalue weighted by Crippen LogP contribution is -2.25. The number of aromatic nitrogens is 1. The third kappa shape index (κ3) is 1.57. The van der Waals surface area contributed by atoms with E-state index in [1.165, 1.54) is 0 Å². The van der Waals surface area contributed by atoms with Crippen LogP contribution in [0.4, 0.5) is 5.69 Å². The molecular formula is C11H14N2. The molecule has 0 amide bonds. The van der Waals surface area contributed by atoms with Crippen molar-refractivity contribution in [2.75, 3.05) is 5.32 Å². The van der Waals surface area contributed by atoms with Crippen LogP contribution >= 0.6 is 0 Å². The summed E-state index contributed by atoms with van der Waals surface area (Å²) in [5.41, 5.74) is 2.18. The van der Waals surface area contributed by atoms with Crippen LogP contribution in [0.2, 0.25) is 0 Å². The van der Waals surface area contributed by atoms with Gasteiger partial charge in [-0.1, -0.05) is 19.9 Å². The van der Waals surface area contributed by atoms with Crippen LogP contribution in [-0.4, -0.2) is 11.0 Å². The van der Waals surface area contributed by atoms with Crippen LogP contribution in [-0.2, 0) is 0 Å². The second-order valence-electron chi connectivity index (χ2n) is 3.71. The topological polar surface area (TPSA) is 24.9 Å². The number of rotatable bonds is 1. The summed E-state index contributed by atoms with van der Waals surface area (Å²) in [5.74, 6) is 0.615. The van der Waals surface area contributed by atoms with E-state index in [1.807, 2.05) is 12.3 Å². The monoisotopic (exact) mass is 174 g/mol. The maximum Gasteiger partial charge on any atom is 0.0858 e. The minimum absolute atomic E-state index is 0.441. The molecule has 1 unspecified atom stereocenters. The minimum Gasteiger partial charge on any atom is -0.377 e. The first-order valence-electron chi connectivity index (χ1n) is 4.67. The predicted molar refractivity (Wildman–Crippen MR) is 55.5 cm³/mol. The molecule has 0 bridgehead atoms. The highest BCUT2D eigenvalue weighted by atomic mass is 14.9. The molecule has 13 heavy (non-hydrogen) atoms. The first kappa shape index (κ1) is 8.30. The van der Waals surface area contributed by atoms with E-state index in [1.54, 1.807) is 0 Å². The molecule has 0 saturated carbocycles. The number of anilines is 1. The van der Waals surface area contributed by atoms with Crippen molar-refractivity contribution in [3.8, 4) is 0 Å². The van der Waals surface area contributed by atoms with E-state index in [-0.39, 0.29) is 0 Å². The van der Waals surface area contributed by atoms with Gasteiger partial charge in [-0.15, -0.1) is 0 Å². The molecular weight excluding hydrogens is 160 g/mol. The van der Waals surface area contributed by atoms with Crippen molar-refractivity contribution in [3.63, 3.8) is 0 Å². The Kier molecular flexibility index (Phi) is 2.05. The van der Waals surface area contributed by atoms with Crippen molar-refractivity contribution in [1.82, 2.24) is 4.98 Å². The first-order valence-corrected chi connectivity index (χ1v) is 4.67. The summed E-state index contributed by atoms with van der Waals surface area (Å²) in [7, 11) is 0. The van der Waals surface area contributed by atoms with Gasteiger partial charge in [-0.05, 0) is 24.1 Å². The zero-order valence-electron chi connectivity index (χ0n) is 7.99. The molecule has 1 aliphatic rings. The molecule has 1 N–H and O–H groups in total. The predicted octanol–water partition coefficient (Wildman–Crippen LogP) is 2.54. The van der Waals surface area contributed by atoms with E-state index in [0.717, 1.165) is 11.4 Å². The number of hydrogen-bond acceptors (Lipinski definition) is 2. The summed E-state index contributed by atoms with van der Waals surface area (Å²) in [6.07, 6.45) is 6.09. The lowest BCUT2D eigenvalue weighted by molar-refractivity contribution is 0.599. The Balaban J connectivity index is 2.29. The summed E-state index contributed by atoms with van der Waals surface area (Å²) in [4.78, 5) is 4.26. The van der Waals surface area contributed by atoms with Gasteiger partial charge in [0.25, 0.3) is 0 Å². The highest BCUT2D eigenvalue weighted by Gasteiger charge is 2.15. The second kappa shape index (κ2) is 3.21. The fourth-order valence-electron chi connectivity index (χ4n) is 1.48. The van der Waals surface area contributed by atoms with Crippen LogP contribution in [0.1, 0.15) is 19.5 Å². The molecule has 2 heteroatoms. The molecule has 1 atom stereocenters. The van der Waals surface area contributed by atoms with Crippen molar-refractivity contribution >= 4 is 11.8 Å². The molecule has 0 fully saturated rings. The molecule has 1 aliphatic heterocycles. The summed E-state index contributed by atoms with van der Waals surface area (Å²) in [6, 6.07) is 4.47. The maximum absolute atomic E-state index is 4.26. The van der Waals surface area contributed by atoms with E-state index >= 15 is 0 Å². The van der Waals surface area contributed by atoms with Crippen LogP contribution in [0, 0.1) is 5.92 Å². The van der Waals surface area contributed by atoms with Crippen molar-refractivity contribution < 1.29 is 0 Å². The van der Waals surface area contributed by atoms with E-state index in [0.29, 0.717) is 12.0 Å². The largest absolute Gasteiger partial charge is 0.377 e. The lowest BCUT2D eigenvalue weighted by Gasteiger charge is -2.24. The fraction of sp³-hybridized carbons (Fsp3) is 0.364. The first-order chi connectivity index (χ1) is 6.27. The van der Waals surface area contributed by atoms with Crippen molar-refractivity contribution in [3.05, 3.63) is 30.1 Å². The third-order valence-corrected chi connectivity index (χ3v) is 2.34. The van der Waals surface area contributed by atoms with Crippen molar-refractivity contribution in [2.24, 2.45) is 5.92 Å². The quantitative estimate of drug-likeness (QED) is 0.707. The van der Waals surface area contributed by atoms with Crippen molar-refractivity contribution in [1.29, 1.82) is 0 Å². The van der Waals surface area contributed by atoms with Crippen LogP contribution in [0.25, 0.3) is 6.08 Å². The van der Waals surface area contributed by atoms with Gasteiger partial charge in [0.2, 0.25) is 0 Å². The molecule has 1 aromatic rings. The average Bonchev–Trinajstić information content (AvgIpc) is 2.17. The molecule has 68 valence electrons. The number of hydrogen-bond donors (Lipinski definition) is 1. The van der Waals surface area contributed by atoms with Crippen LogP contribution in [0.15, 0.2) is 24.4 Å². The average molecular weight is 174 g/mol. The molecule has 0 saturated heterocycles. The van der Waals surface area contributed by atoms with E-state index in [2.05, 4.69) is 42.4 Å². The maximum atomic E-state index is 4.26. The van der Waals surface area contributed by atoms with E-state index < -0.39 is 0 Å². The summed E-state index contributed by atoms with van der Waals surface area (Å²) < 4.78 is 0. The molecule has 0 radical (unpaired) electrons. The molecule has 2 nitrogen and oxygen atoms in total. The fourth-order valence-corrected chi connectivity index (χ4v) is 1.48. The lowest BCUT2D eigenvalue weighted by atomic mass is 10.00. The van der Waals surface area contributed by atoms with Gasteiger partial charge in [0, 0.05) is 12.2 Å². The number of fused-ring (bicyclic) bond motifs is 1. The highest BCUT2D eigenvalue weighted by molar-refractivity contribution is 5.67. The molecule has 1 aromatic heterocycles. The van der Waals surface area contributed by atoms with Gasteiger partial charge in [-0.3, -0.25) is 4.98 Å². The van der Waals surface area contributed by atoms with Crippen LogP contribution in [0.5, 0.6) is 0 Å². The molecule has 2 rings (SSSR count). The second-order valence-corrected chi connectivity index (χ2v) is 3.71. The summed E-state index contributed by atoms with van der Waals surface area (Å²) in [5, 5.41) is 3.45. The number of nitrogens with one attached hydrogen (secondary N) is 1. The number of pyridine rings is 1. The SMILES string of the molecule is CC(C)C1C=Cc2ncccc2N1. The summed E-state index contributed by atoms with van der Waals surface area (Å²) in [6.45, 7) is 4.42. The van der Waals surface area contributed by atoms with Crippen LogP contribution in [0.3, 0.4) is 0 Å². The van der Waals surface area contributed by atoms with E-state index in [9.17, 15) is 0 Å². The standard InChI is InChI=1S/C11H14N2/c1-8(2)9-5-6-10-11(13-9)4-3-7-12-10/h3-9,13H,1-2H3. The van der Waals surface area contributed by atoms with E-state index in [4.69, 9.17) is 0 Å². The van der Waals surface area contributed by atoms with Crippen molar-refractivity contribution in [2.45, 2.75) is 19.9 Å². The zero-order valence-corrected chi connectivity index (χ0v) is 7.99. The Morgan fingerprint density at radius 2 is 2.31 bits per heavy atom. The normalized spacial score (nSPS) is 19.8. The van der Waals surface area contributed by atoms with Gasteiger partial charge in [-0.2, -0.15) is 0 Å². The van der Waals surface area contributed by atoms with Gasteiger partial charge < -0.3 is 5.32 Å². The highest BCUT2D eigenvalue weighted by Crippen LogP contribution is 2.22. The Hall–Kier alpha value is -1.31. The molecule has 0 aliphatic carbocycles. The van der Waals surface area contributed by atoms with Gasteiger partial charge >= 0.3 is 0 Å². The zero-order chi connectivity index (χ0) is 9.26. The Labute approximate surface area is 78.7 Å². The van der Waals surface area contributed by atoms with Gasteiger partial charge in [0.1, 0.15) is 0 Å². The smallest absolute Gasteiger partial charge is 0.0858 e. The van der Waals surface area contributed by atoms with Gasteiger partial charge in [0.05, 0.1) is 11.4 Å². The number of nitrogens with zero attached hydrogens (tertiary/aromatic N) is 1.